The lowest BCUT2D eigenvalue weighted by Gasteiger charge is -2.24. The molecule has 0 spiro atoms. The van der Waals surface area contributed by atoms with E-state index >= 15 is 0 Å². The highest BCUT2D eigenvalue weighted by molar-refractivity contribution is 5.95. The molecule has 1 aromatic rings. The van der Waals surface area contributed by atoms with Crippen molar-refractivity contribution >= 4 is 11.9 Å². The van der Waals surface area contributed by atoms with E-state index in [9.17, 15) is 9.59 Å². The van der Waals surface area contributed by atoms with Crippen molar-refractivity contribution in [3.63, 3.8) is 0 Å². The molecule has 1 amide bonds. The zero-order valence-electron chi connectivity index (χ0n) is 13.8. The first-order valence-corrected chi connectivity index (χ1v) is 7.85. The summed E-state index contributed by atoms with van der Waals surface area (Å²) in [5.74, 6) is 1.10. The first kappa shape index (κ1) is 17.1. The Morgan fingerprint density at radius 3 is 2.70 bits per heavy atom. The Bertz CT molecular complexity index is 570. The van der Waals surface area contributed by atoms with Crippen LogP contribution in [0, 0.1) is 5.92 Å². The second kappa shape index (κ2) is 7.85. The van der Waals surface area contributed by atoms with E-state index in [1.165, 1.54) is 0 Å². The van der Waals surface area contributed by atoms with Crippen LogP contribution in [-0.4, -0.2) is 43.3 Å². The van der Waals surface area contributed by atoms with Crippen LogP contribution < -0.4 is 9.47 Å². The number of nitrogens with zero attached hydrogens (tertiary/aromatic N) is 1. The first-order chi connectivity index (χ1) is 11.0. The van der Waals surface area contributed by atoms with Crippen LogP contribution in [-0.2, 0) is 9.53 Å². The molecular formula is C17H23NO5. The molecule has 0 radical (unpaired) electrons. The van der Waals surface area contributed by atoms with Crippen LogP contribution in [0.4, 0.5) is 0 Å². The molecule has 126 valence electrons. The quantitative estimate of drug-likeness (QED) is 0.722. The molecular weight excluding hydrogens is 298 g/mol. The molecule has 1 aromatic carbocycles. The smallest absolute Gasteiger partial charge is 0.307 e. The Kier molecular flexibility index (Phi) is 5.84. The van der Waals surface area contributed by atoms with Crippen LogP contribution in [0.3, 0.4) is 0 Å². The van der Waals surface area contributed by atoms with Gasteiger partial charge in [-0.3, -0.25) is 9.59 Å². The van der Waals surface area contributed by atoms with Crippen LogP contribution >= 0.6 is 0 Å². The van der Waals surface area contributed by atoms with Crippen LogP contribution in [0.1, 0.15) is 37.6 Å². The summed E-state index contributed by atoms with van der Waals surface area (Å²) in [6.07, 6.45) is 0.191. The summed E-state index contributed by atoms with van der Waals surface area (Å²) < 4.78 is 15.5. The molecule has 6 heteroatoms. The fourth-order valence-corrected chi connectivity index (χ4v) is 2.39. The van der Waals surface area contributed by atoms with Crippen LogP contribution in [0.15, 0.2) is 18.2 Å². The fourth-order valence-electron chi connectivity index (χ4n) is 2.39. The van der Waals surface area contributed by atoms with Gasteiger partial charge in [0, 0.05) is 18.7 Å². The number of hydrogen-bond acceptors (Lipinski definition) is 5. The summed E-state index contributed by atoms with van der Waals surface area (Å²) in [4.78, 5) is 26.0. The largest absolute Gasteiger partial charge is 0.466 e. The highest BCUT2D eigenvalue weighted by Gasteiger charge is 2.21. The van der Waals surface area contributed by atoms with Gasteiger partial charge in [-0.25, -0.2) is 0 Å². The van der Waals surface area contributed by atoms with Crippen LogP contribution in [0.25, 0.3) is 0 Å². The Morgan fingerprint density at radius 2 is 2.00 bits per heavy atom. The number of carbonyl (C=O) groups excluding carboxylic acids is 2. The number of hydrogen-bond donors (Lipinski definition) is 0. The van der Waals surface area contributed by atoms with Crippen molar-refractivity contribution in [1.29, 1.82) is 0 Å². The van der Waals surface area contributed by atoms with Gasteiger partial charge in [-0.15, -0.1) is 0 Å². The van der Waals surface area contributed by atoms with Gasteiger partial charge in [-0.1, -0.05) is 13.8 Å². The maximum atomic E-state index is 12.7. The third kappa shape index (κ3) is 4.61. The predicted molar refractivity (Wildman–Crippen MR) is 84.6 cm³/mol. The van der Waals surface area contributed by atoms with Crippen molar-refractivity contribution in [2.75, 3.05) is 26.5 Å². The molecule has 0 saturated carbocycles. The molecule has 0 saturated heterocycles. The maximum Gasteiger partial charge on any atom is 0.307 e. The maximum absolute atomic E-state index is 12.7. The average Bonchev–Trinajstić information content (AvgIpc) is 2.98. The van der Waals surface area contributed by atoms with E-state index in [-0.39, 0.29) is 25.1 Å². The van der Waals surface area contributed by atoms with Crippen molar-refractivity contribution in [3.8, 4) is 11.5 Å². The number of amides is 1. The third-order valence-corrected chi connectivity index (χ3v) is 3.38. The summed E-state index contributed by atoms with van der Waals surface area (Å²) in [6, 6.07) is 5.13. The number of carbonyl (C=O) groups is 2. The second-order valence-corrected chi connectivity index (χ2v) is 5.77. The summed E-state index contributed by atoms with van der Waals surface area (Å²) in [5, 5.41) is 0. The molecule has 1 heterocycles. The summed E-state index contributed by atoms with van der Waals surface area (Å²) >= 11 is 0. The third-order valence-electron chi connectivity index (χ3n) is 3.38. The zero-order valence-corrected chi connectivity index (χ0v) is 13.8. The minimum absolute atomic E-state index is 0.124. The highest BCUT2D eigenvalue weighted by atomic mass is 16.7. The summed E-state index contributed by atoms with van der Waals surface area (Å²) in [6.45, 7) is 7.26. The van der Waals surface area contributed by atoms with Crippen LogP contribution in [0.5, 0.6) is 11.5 Å². The predicted octanol–water partition coefficient (Wildman–Crippen LogP) is 2.47. The van der Waals surface area contributed by atoms with Crippen molar-refractivity contribution in [3.05, 3.63) is 23.8 Å². The SMILES string of the molecule is CCOC(=O)CCN(CC(C)C)C(=O)c1ccc2c(c1)OCO2. The molecule has 2 rings (SSSR count). The number of fused-ring (bicyclic) bond motifs is 1. The van der Waals surface area contributed by atoms with E-state index in [2.05, 4.69) is 0 Å². The summed E-state index contributed by atoms with van der Waals surface area (Å²) in [5.41, 5.74) is 0.527. The molecule has 0 aliphatic carbocycles. The highest BCUT2D eigenvalue weighted by Crippen LogP contribution is 2.32. The van der Waals surface area contributed by atoms with Crippen molar-refractivity contribution in [1.82, 2.24) is 4.90 Å². The minimum atomic E-state index is -0.292. The molecule has 1 aliphatic rings. The van der Waals surface area contributed by atoms with Gasteiger partial charge in [0.15, 0.2) is 11.5 Å². The number of esters is 1. The molecule has 0 unspecified atom stereocenters. The van der Waals surface area contributed by atoms with Gasteiger partial charge in [0.25, 0.3) is 5.91 Å². The monoisotopic (exact) mass is 321 g/mol. The van der Waals surface area contributed by atoms with Gasteiger partial charge < -0.3 is 19.1 Å². The molecule has 0 N–H and O–H groups in total. The lowest BCUT2D eigenvalue weighted by Crippen LogP contribution is -2.36. The number of benzene rings is 1. The van der Waals surface area contributed by atoms with Crippen molar-refractivity contribution < 1.29 is 23.8 Å². The zero-order chi connectivity index (χ0) is 16.8. The number of ether oxygens (including phenoxy) is 3. The van der Waals surface area contributed by atoms with E-state index < -0.39 is 0 Å². The van der Waals surface area contributed by atoms with Gasteiger partial charge in [0.1, 0.15) is 0 Å². The van der Waals surface area contributed by atoms with Gasteiger partial charge in [0.05, 0.1) is 13.0 Å². The minimum Gasteiger partial charge on any atom is -0.466 e. The lowest BCUT2D eigenvalue weighted by molar-refractivity contribution is -0.143. The summed E-state index contributed by atoms with van der Waals surface area (Å²) in [7, 11) is 0. The first-order valence-electron chi connectivity index (χ1n) is 7.85. The normalized spacial score (nSPS) is 12.3. The fraction of sp³-hybridized carbons (Fsp3) is 0.529. The van der Waals surface area contributed by atoms with Gasteiger partial charge in [-0.05, 0) is 31.0 Å². The molecule has 23 heavy (non-hydrogen) atoms. The topological polar surface area (TPSA) is 65.1 Å². The number of rotatable bonds is 7. The Labute approximate surface area is 136 Å². The standard InChI is InChI=1S/C17H23NO5/c1-4-21-16(19)7-8-18(10-12(2)3)17(20)13-5-6-14-15(9-13)23-11-22-14/h5-6,9,12H,4,7-8,10-11H2,1-3H3. The Morgan fingerprint density at radius 1 is 1.26 bits per heavy atom. The van der Waals surface area contributed by atoms with Gasteiger partial charge in [0.2, 0.25) is 6.79 Å². The van der Waals surface area contributed by atoms with Crippen LogP contribution in [0.2, 0.25) is 0 Å². The molecule has 0 aromatic heterocycles. The van der Waals surface area contributed by atoms with E-state index in [4.69, 9.17) is 14.2 Å². The Balaban J connectivity index is 2.07. The molecule has 6 nitrogen and oxygen atoms in total. The average molecular weight is 321 g/mol. The Hall–Kier alpha value is -2.24. The van der Waals surface area contributed by atoms with Gasteiger partial charge >= 0.3 is 5.97 Å². The molecule has 0 bridgehead atoms. The van der Waals surface area contributed by atoms with Crippen molar-refractivity contribution in [2.45, 2.75) is 27.2 Å². The van der Waals surface area contributed by atoms with E-state index in [0.29, 0.717) is 42.7 Å². The van der Waals surface area contributed by atoms with E-state index in [1.54, 1.807) is 30.0 Å². The van der Waals surface area contributed by atoms with Crippen molar-refractivity contribution in [2.24, 2.45) is 5.92 Å². The molecule has 0 atom stereocenters. The van der Waals surface area contributed by atoms with Gasteiger partial charge in [-0.2, -0.15) is 0 Å². The molecule has 0 fully saturated rings. The molecule has 1 aliphatic heterocycles. The lowest BCUT2D eigenvalue weighted by atomic mass is 10.1. The second-order valence-electron chi connectivity index (χ2n) is 5.77. The van der Waals surface area contributed by atoms with E-state index in [0.717, 1.165) is 0 Å². The van der Waals surface area contributed by atoms with E-state index in [1.807, 2.05) is 13.8 Å².